The largest absolute Gasteiger partial charge is 0.294 e. The summed E-state index contributed by atoms with van der Waals surface area (Å²) < 4.78 is 0. The Morgan fingerprint density at radius 3 is 2.00 bits per heavy atom. The molecule has 0 N–H and O–H groups in total. The molecule has 2 aliphatic carbocycles. The Balaban J connectivity index is 2.38. The first kappa shape index (κ1) is 6.14. The van der Waals surface area contributed by atoms with E-state index in [-0.39, 0.29) is 0 Å². The Labute approximate surface area is 61.1 Å². The fraction of sp³-hybridized carbons (Fsp3) is 0.667. The number of ketones is 1. The van der Waals surface area contributed by atoms with Crippen LogP contribution in [0.2, 0.25) is 0 Å². The number of Topliss-reactive ketones (excluding diaryl/α,β-unsaturated/α-hetero) is 1. The maximum Gasteiger partial charge on any atom is 0.162 e. The number of fused-ring (bicyclic) bond motifs is 1. The van der Waals surface area contributed by atoms with Crippen LogP contribution in [0.3, 0.4) is 0 Å². The van der Waals surface area contributed by atoms with Gasteiger partial charge in [0.1, 0.15) is 0 Å². The second kappa shape index (κ2) is 1.71. The fourth-order valence-corrected chi connectivity index (χ4v) is 2.08. The quantitative estimate of drug-likeness (QED) is 0.497. The van der Waals surface area contributed by atoms with Crippen LogP contribution in [0.5, 0.6) is 0 Å². The van der Waals surface area contributed by atoms with Crippen LogP contribution in [0.25, 0.3) is 0 Å². The summed E-state index contributed by atoms with van der Waals surface area (Å²) in [5.74, 6) is 1.47. The van der Waals surface area contributed by atoms with Crippen LogP contribution in [-0.2, 0) is 4.79 Å². The molecule has 0 bridgehead atoms. The third kappa shape index (κ3) is 0.511. The molecule has 0 aromatic rings. The Hall–Kier alpha value is -0.590. The lowest BCUT2D eigenvalue weighted by molar-refractivity contribution is -0.121. The van der Waals surface area contributed by atoms with Crippen molar-refractivity contribution in [3.63, 3.8) is 0 Å². The van der Waals surface area contributed by atoms with Crippen LogP contribution in [-0.4, -0.2) is 5.78 Å². The molecule has 2 unspecified atom stereocenters. The lowest BCUT2D eigenvalue weighted by Gasteiger charge is -2.30. The summed E-state index contributed by atoms with van der Waals surface area (Å²) in [7, 11) is 0. The number of carbonyl (C=O) groups excluding carboxylic acids is 1. The minimum Gasteiger partial charge on any atom is -0.294 e. The molecule has 0 radical (unpaired) electrons. The molecule has 1 nitrogen and oxygen atoms in total. The summed E-state index contributed by atoms with van der Waals surface area (Å²) in [4.78, 5) is 11.3. The Morgan fingerprint density at radius 2 is 1.80 bits per heavy atom. The topological polar surface area (TPSA) is 17.1 Å². The molecular weight excluding hydrogens is 124 g/mol. The lowest BCUT2D eigenvalue weighted by atomic mass is 9.73. The minimum atomic E-state index is 0.403. The Bertz CT molecular complexity index is 225. The summed E-state index contributed by atoms with van der Waals surface area (Å²) in [6.45, 7) is 4.08. The molecule has 10 heavy (non-hydrogen) atoms. The van der Waals surface area contributed by atoms with Gasteiger partial charge >= 0.3 is 0 Å². The van der Waals surface area contributed by atoms with Gasteiger partial charge in [0.25, 0.3) is 0 Å². The van der Waals surface area contributed by atoms with Crippen LogP contribution < -0.4 is 0 Å². The van der Waals surface area contributed by atoms with Gasteiger partial charge < -0.3 is 0 Å². The lowest BCUT2D eigenvalue weighted by Crippen LogP contribution is -2.27. The predicted octanol–water partition coefficient (Wildman–Crippen LogP) is 1.93. The zero-order valence-electron chi connectivity index (χ0n) is 6.48. The number of rotatable bonds is 0. The summed E-state index contributed by atoms with van der Waals surface area (Å²) in [6, 6.07) is 0. The van der Waals surface area contributed by atoms with E-state index in [0.29, 0.717) is 17.6 Å². The van der Waals surface area contributed by atoms with Crippen molar-refractivity contribution in [2.24, 2.45) is 11.8 Å². The van der Waals surface area contributed by atoms with Gasteiger partial charge in [-0.25, -0.2) is 0 Å². The molecule has 2 rings (SSSR count). The Morgan fingerprint density at radius 1 is 1.20 bits per heavy atom. The van der Waals surface area contributed by atoms with Gasteiger partial charge in [-0.15, -0.1) is 0 Å². The van der Waals surface area contributed by atoms with Gasteiger partial charge in [-0.1, -0.05) is 5.57 Å². The van der Waals surface area contributed by atoms with Crippen molar-refractivity contribution in [2.45, 2.75) is 26.7 Å². The molecular formula is C9H12O. The highest BCUT2D eigenvalue weighted by Crippen LogP contribution is 2.47. The van der Waals surface area contributed by atoms with E-state index in [0.717, 1.165) is 12.0 Å². The average Bonchev–Trinajstić information content (AvgIpc) is 1.92. The first-order chi connectivity index (χ1) is 4.72. The van der Waals surface area contributed by atoms with Crippen molar-refractivity contribution in [3.05, 3.63) is 11.1 Å². The summed E-state index contributed by atoms with van der Waals surface area (Å²) in [6.07, 6.45) is 2.39. The van der Waals surface area contributed by atoms with Crippen LogP contribution in [0.4, 0.5) is 0 Å². The van der Waals surface area contributed by atoms with Crippen molar-refractivity contribution in [3.8, 4) is 0 Å². The molecule has 0 aliphatic heterocycles. The number of allylic oxidation sites excluding steroid dienone is 2. The molecule has 0 aromatic carbocycles. The van der Waals surface area contributed by atoms with E-state index in [9.17, 15) is 4.79 Å². The van der Waals surface area contributed by atoms with Gasteiger partial charge in [-0.2, -0.15) is 0 Å². The molecule has 0 saturated heterocycles. The van der Waals surface area contributed by atoms with Crippen molar-refractivity contribution in [2.75, 3.05) is 0 Å². The minimum absolute atomic E-state index is 0.403. The van der Waals surface area contributed by atoms with Crippen molar-refractivity contribution in [1.29, 1.82) is 0 Å². The van der Waals surface area contributed by atoms with E-state index in [4.69, 9.17) is 0 Å². The van der Waals surface area contributed by atoms with Gasteiger partial charge in [0, 0.05) is 5.92 Å². The third-order valence-electron chi connectivity index (χ3n) is 3.13. The molecule has 0 amide bonds. The van der Waals surface area contributed by atoms with E-state index in [1.54, 1.807) is 0 Å². The van der Waals surface area contributed by atoms with Crippen molar-refractivity contribution in [1.82, 2.24) is 0 Å². The van der Waals surface area contributed by atoms with Gasteiger partial charge in [-0.05, 0) is 38.2 Å². The standard InChI is InChI=1S/C9H12O/c1-5-6(2)9(10)8-4-3-7(5)8/h7-8H,3-4H2,1-2H3. The third-order valence-corrected chi connectivity index (χ3v) is 3.13. The van der Waals surface area contributed by atoms with Gasteiger partial charge in [-0.3, -0.25) is 4.79 Å². The van der Waals surface area contributed by atoms with E-state index in [1.807, 2.05) is 6.92 Å². The van der Waals surface area contributed by atoms with Gasteiger partial charge in [0.2, 0.25) is 0 Å². The van der Waals surface area contributed by atoms with E-state index in [2.05, 4.69) is 6.92 Å². The highest BCUT2D eigenvalue weighted by Gasteiger charge is 2.43. The van der Waals surface area contributed by atoms with Crippen LogP contribution >= 0.6 is 0 Å². The maximum atomic E-state index is 11.3. The monoisotopic (exact) mass is 136 g/mol. The molecule has 2 atom stereocenters. The second-order valence-electron chi connectivity index (χ2n) is 3.46. The molecule has 54 valence electrons. The molecule has 1 heteroatoms. The van der Waals surface area contributed by atoms with E-state index in [1.165, 1.54) is 12.0 Å². The molecule has 0 spiro atoms. The van der Waals surface area contributed by atoms with Crippen molar-refractivity contribution < 1.29 is 4.79 Å². The first-order valence-electron chi connectivity index (χ1n) is 3.93. The summed E-state index contributed by atoms with van der Waals surface area (Å²) >= 11 is 0. The summed E-state index contributed by atoms with van der Waals surface area (Å²) in [5.41, 5.74) is 2.41. The van der Waals surface area contributed by atoms with Gasteiger partial charge in [0.05, 0.1) is 0 Å². The van der Waals surface area contributed by atoms with Crippen molar-refractivity contribution >= 4 is 5.78 Å². The molecule has 0 heterocycles. The maximum absolute atomic E-state index is 11.3. The first-order valence-corrected chi connectivity index (χ1v) is 3.93. The van der Waals surface area contributed by atoms with Gasteiger partial charge in [0.15, 0.2) is 5.78 Å². The van der Waals surface area contributed by atoms with E-state index < -0.39 is 0 Å². The zero-order valence-corrected chi connectivity index (χ0v) is 6.48. The number of hydrogen-bond donors (Lipinski definition) is 0. The van der Waals surface area contributed by atoms with Crippen LogP contribution in [0, 0.1) is 11.8 Å². The summed E-state index contributed by atoms with van der Waals surface area (Å²) in [5, 5.41) is 0. The fourth-order valence-electron chi connectivity index (χ4n) is 2.08. The van der Waals surface area contributed by atoms with Crippen LogP contribution in [0.15, 0.2) is 11.1 Å². The number of hydrogen-bond acceptors (Lipinski definition) is 1. The molecule has 1 fully saturated rings. The average molecular weight is 136 g/mol. The Kier molecular flexibility index (Phi) is 1.05. The second-order valence-corrected chi connectivity index (χ2v) is 3.46. The highest BCUT2D eigenvalue weighted by molar-refractivity contribution is 6.01. The highest BCUT2D eigenvalue weighted by atomic mass is 16.1. The molecule has 0 aromatic heterocycles. The SMILES string of the molecule is CC1=C(C)C2CCC2C1=O. The zero-order chi connectivity index (χ0) is 7.30. The molecule has 2 aliphatic rings. The molecule has 1 saturated carbocycles. The van der Waals surface area contributed by atoms with Crippen LogP contribution in [0.1, 0.15) is 26.7 Å². The predicted molar refractivity (Wildman–Crippen MR) is 39.6 cm³/mol. The normalized spacial score (nSPS) is 38.0. The van der Waals surface area contributed by atoms with E-state index >= 15 is 0 Å². The smallest absolute Gasteiger partial charge is 0.162 e. The number of carbonyl (C=O) groups is 1.